The van der Waals surface area contributed by atoms with E-state index < -0.39 is 23.2 Å². The van der Waals surface area contributed by atoms with E-state index in [4.69, 9.17) is 4.74 Å². The predicted molar refractivity (Wildman–Crippen MR) is 91.7 cm³/mol. The van der Waals surface area contributed by atoms with Gasteiger partial charge in [-0.05, 0) is 19.1 Å². The van der Waals surface area contributed by atoms with Crippen LogP contribution in [0, 0.1) is 11.6 Å². The third-order valence-corrected chi connectivity index (χ3v) is 3.72. The van der Waals surface area contributed by atoms with Crippen molar-refractivity contribution in [3.8, 4) is 0 Å². The first-order valence-electron chi connectivity index (χ1n) is 7.84. The number of para-hydroxylation sites is 1. The first-order chi connectivity index (χ1) is 11.5. The van der Waals surface area contributed by atoms with Gasteiger partial charge in [0.25, 0.3) is 0 Å². The van der Waals surface area contributed by atoms with Crippen LogP contribution in [0.2, 0.25) is 0 Å². The number of carbonyl (C=O) groups is 2. The minimum absolute atomic E-state index is 0. The van der Waals surface area contributed by atoms with Crippen molar-refractivity contribution in [1.82, 2.24) is 10.2 Å². The first kappa shape index (κ1) is 21.3. The van der Waals surface area contributed by atoms with Crippen LogP contribution in [0.1, 0.15) is 13.3 Å². The number of likely N-dealkylation sites (N-methyl/N-ethyl adjacent to an activating group) is 1. The number of hydrogen-bond donors (Lipinski definition) is 2. The minimum atomic E-state index is -0.860. The summed E-state index contributed by atoms with van der Waals surface area (Å²) in [7, 11) is 0. The van der Waals surface area contributed by atoms with Crippen molar-refractivity contribution < 1.29 is 23.1 Å². The molecule has 0 spiro atoms. The zero-order chi connectivity index (χ0) is 17.5. The van der Waals surface area contributed by atoms with Crippen molar-refractivity contribution in [2.24, 2.45) is 0 Å². The van der Waals surface area contributed by atoms with Crippen LogP contribution in [0.25, 0.3) is 0 Å². The highest BCUT2D eigenvalue weighted by molar-refractivity contribution is 5.94. The van der Waals surface area contributed by atoms with E-state index in [-0.39, 0.29) is 37.3 Å². The summed E-state index contributed by atoms with van der Waals surface area (Å²) in [5.74, 6) is -2.59. The number of nitrogens with one attached hydrogen (secondary N) is 2. The summed E-state index contributed by atoms with van der Waals surface area (Å²) in [6, 6.07) is 3.22. The summed E-state index contributed by atoms with van der Waals surface area (Å²) < 4.78 is 32.4. The Morgan fingerprint density at radius 3 is 2.60 bits per heavy atom. The van der Waals surface area contributed by atoms with E-state index in [0.29, 0.717) is 26.3 Å². The van der Waals surface area contributed by atoms with Crippen LogP contribution in [0.5, 0.6) is 0 Å². The summed E-state index contributed by atoms with van der Waals surface area (Å²) in [5.41, 5.74) is -0.506. The van der Waals surface area contributed by atoms with Crippen LogP contribution in [0.3, 0.4) is 0 Å². The SMILES string of the molecule is CCN(CC(=O)Nc1c(F)cccc1F)C(=O)CC1COCCN1.Cl. The molecule has 0 saturated carbocycles. The Bertz CT molecular complexity index is 578. The average Bonchev–Trinajstić information content (AvgIpc) is 2.57. The lowest BCUT2D eigenvalue weighted by Crippen LogP contribution is -2.46. The lowest BCUT2D eigenvalue weighted by Gasteiger charge is -2.26. The van der Waals surface area contributed by atoms with Crippen molar-refractivity contribution in [1.29, 1.82) is 0 Å². The third kappa shape index (κ3) is 6.22. The van der Waals surface area contributed by atoms with Gasteiger partial charge in [0.15, 0.2) is 0 Å². The fourth-order valence-electron chi connectivity index (χ4n) is 2.44. The van der Waals surface area contributed by atoms with E-state index in [9.17, 15) is 18.4 Å². The van der Waals surface area contributed by atoms with Crippen LogP contribution >= 0.6 is 12.4 Å². The number of hydrogen-bond acceptors (Lipinski definition) is 4. The number of halogens is 3. The summed E-state index contributed by atoms with van der Waals surface area (Å²) in [5, 5.41) is 5.34. The third-order valence-electron chi connectivity index (χ3n) is 3.72. The van der Waals surface area contributed by atoms with E-state index in [1.165, 1.54) is 11.0 Å². The molecule has 0 bridgehead atoms. The van der Waals surface area contributed by atoms with Crippen LogP contribution in [0.15, 0.2) is 18.2 Å². The van der Waals surface area contributed by atoms with E-state index in [1.807, 2.05) is 0 Å². The Kier molecular flexibility index (Phi) is 8.74. The topological polar surface area (TPSA) is 70.7 Å². The number of nitrogens with zero attached hydrogens (tertiary/aromatic N) is 1. The van der Waals surface area contributed by atoms with Gasteiger partial charge >= 0.3 is 0 Å². The second kappa shape index (κ2) is 10.3. The van der Waals surface area contributed by atoms with Gasteiger partial charge in [0.2, 0.25) is 11.8 Å². The molecule has 1 aromatic rings. The maximum atomic E-state index is 13.5. The molecule has 140 valence electrons. The molecule has 1 heterocycles. The Balaban J connectivity index is 0.00000312. The van der Waals surface area contributed by atoms with Crippen LogP contribution in [-0.4, -0.2) is 55.6 Å². The van der Waals surface area contributed by atoms with E-state index in [1.54, 1.807) is 6.92 Å². The summed E-state index contributed by atoms with van der Waals surface area (Å²) in [4.78, 5) is 25.6. The van der Waals surface area contributed by atoms with Crippen LogP contribution < -0.4 is 10.6 Å². The number of anilines is 1. The molecule has 2 rings (SSSR count). The molecular weight excluding hydrogens is 356 g/mol. The van der Waals surface area contributed by atoms with Gasteiger partial charge in [-0.15, -0.1) is 12.4 Å². The monoisotopic (exact) mass is 377 g/mol. The maximum Gasteiger partial charge on any atom is 0.244 e. The molecular formula is C16H22ClF2N3O3. The number of ether oxygens (including phenoxy) is 1. The molecule has 0 aromatic heterocycles. The molecule has 0 radical (unpaired) electrons. The Hall–Kier alpha value is -1.77. The number of rotatable bonds is 6. The second-order valence-corrected chi connectivity index (χ2v) is 5.48. The Labute approximate surface area is 151 Å². The number of carbonyl (C=O) groups excluding carboxylic acids is 2. The van der Waals surface area contributed by atoms with Gasteiger partial charge in [-0.25, -0.2) is 8.78 Å². The molecule has 1 unspecified atom stereocenters. The highest BCUT2D eigenvalue weighted by Gasteiger charge is 2.22. The van der Waals surface area contributed by atoms with Crippen molar-refractivity contribution in [3.63, 3.8) is 0 Å². The molecule has 2 amide bonds. The molecule has 25 heavy (non-hydrogen) atoms. The zero-order valence-corrected chi connectivity index (χ0v) is 14.7. The fraction of sp³-hybridized carbons (Fsp3) is 0.500. The van der Waals surface area contributed by atoms with Crippen LogP contribution in [0.4, 0.5) is 14.5 Å². The molecule has 6 nitrogen and oxygen atoms in total. The van der Waals surface area contributed by atoms with E-state index >= 15 is 0 Å². The molecule has 1 atom stereocenters. The molecule has 2 N–H and O–H groups in total. The van der Waals surface area contributed by atoms with E-state index in [2.05, 4.69) is 10.6 Å². The van der Waals surface area contributed by atoms with Crippen molar-refractivity contribution >= 4 is 29.9 Å². The first-order valence-corrected chi connectivity index (χ1v) is 7.84. The molecule has 1 aromatic carbocycles. The molecule has 1 aliphatic heterocycles. The van der Waals surface area contributed by atoms with Gasteiger partial charge in [0.1, 0.15) is 17.3 Å². The quantitative estimate of drug-likeness (QED) is 0.789. The van der Waals surface area contributed by atoms with Gasteiger partial charge in [-0.1, -0.05) is 6.07 Å². The maximum absolute atomic E-state index is 13.5. The van der Waals surface area contributed by atoms with Gasteiger partial charge in [0, 0.05) is 25.6 Å². The largest absolute Gasteiger partial charge is 0.378 e. The normalized spacial score (nSPS) is 16.7. The van der Waals surface area contributed by atoms with Gasteiger partial charge in [0.05, 0.1) is 19.8 Å². The second-order valence-electron chi connectivity index (χ2n) is 5.48. The zero-order valence-electron chi connectivity index (χ0n) is 13.9. The summed E-state index contributed by atoms with van der Waals surface area (Å²) >= 11 is 0. The standard InChI is InChI=1S/C16H21F2N3O3.ClH/c1-2-21(15(23)8-11-10-24-7-6-19-11)9-14(22)20-16-12(17)4-3-5-13(16)18;/h3-5,11,19H,2,6-10H2,1H3,(H,20,22);1H. The summed E-state index contributed by atoms with van der Waals surface area (Å²) in [6.45, 7) is 3.52. The molecule has 1 fully saturated rings. The van der Waals surface area contributed by atoms with E-state index in [0.717, 1.165) is 12.1 Å². The lowest BCUT2D eigenvalue weighted by molar-refractivity contribution is -0.135. The Morgan fingerprint density at radius 1 is 1.36 bits per heavy atom. The number of amides is 2. The highest BCUT2D eigenvalue weighted by Crippen LogP contribution is 2.17. The van der Waals surface area contributed by atoms with Crippen molar-refractivity contribution in [3.05, 3.63) is 29.8 Å². The lowest BCUT2D eigenvalue weighted by atomic mass is 10.2. The number of morpholine rings is 1. The smallest absolute Gasteiger partial charge is 0.244 e. The van der Waals surface area contributed by atoms with Gasteiger partial charge in [-0.3, -0.25) is 9.59 Å². The van der Waals surface area contributed by atoms with Crippen molar-refractivity contribution in [2.75, 3.05) is 38.2 Å². The Morgan fingerprint density at radius 2 is 2.04 bits per heavy atom. The molecule has 1 saturated heterocycles. The highest BCUT2D eigenvalue weighted by atomic mass is 35.5. The molecule has 1 aliphatic rings. The molecule has 9 heteroatoms. The molecule has 0 aliphatic carbocycles. The predicted octanol–water partition coefficient (Wildman–Crippen LogP) is 1.55. The van der Waals surface area contributed by atoms with Crippen molar-refractivity contribution in [2.45, 2.75) is 19.4 Å². The average molecular weight is 378 g/mol. The van der Waals surface area contributed by atoms with Gasteiger partial charge in [-0.2, -0.15) is 0 Å². The number of benzene rings is 1. The van der Waals surface area contributed by atoms with Gasteiger partial charge < -0.3 is 20.3 Å². The van der Waals surface area contributed by atoms with Crippen LogP contribution in [-0.2, 0) is 14.3 Å². The fourth-order valence-corrected chi connectivity index (χ4v) is 2.44. The summed E-state index contributed by atoms with van der Waals surface area (Å²) in [6.07, 6.45) is 0.204. The minimum Gasteiger partial charge on any atom is -0.378 e.